The highest BCUT2D eigenvalue weighted by Crippen LogP contribution is 2.38. The van der Waals surface area contributed by atoms with Crippen LogP contribution in [0.15, 0.2) is 91.1 Å². The summed E-state index contributed by atoms with van der Waals surface area (Å²) in [5.74, 6) is 0.291. The number of benzene rings is 4. The first-order valence-electron chi connectivity index (χ1n) is 12.5. The molecular formula is C31H28ClN3O4S. The van der Waals surface area contributed by atoms with Crippen molar-refractivity contribution in [3.8, 4) is 11.6 Å². The average molecular weight is 574 g/mol. The molecule has 7 nitrogen and oxygen atoms in total. The number of aryl methyl sites for hydroxylation is 1. The summed E-state index contributed by atoms with van der Waals surface area (Å²) >= 11 is 6.76. The van der Waals surface area contributed by atoms with E-state index >= 15 is 0 Å². The van der Waals surface area contributed by atoms with Crippen molar-refractivity contribution in [2.24, 2.45) is 7.05 Å². The number of fused-ring (bicyclic) bond motifs is 1. The minimum Gasteiger partial charge on any atom is -0.495 e. The minimum absolute atomic E-state index is 0.0877. The van der Waals surface area contributed by atoms with Crippen molar-refractivity contribution < 1.29 is 18.5 Å². The van der Waals surface area contributed by atoms with E-state index in [0.717, 1.165) is 21.9 Å². The van der Waals surface area contributed by atoms with Crippen molar-refractivity contribution in [1.29, 1.82) is 0 Å². The van der Waals surface area contributed by atoms with Crippen molar-refractivity contribution in [2.75, 3.05) is 18.1 Å². The molecule has 204 valence electrons. The molecule has 1 unspecified atom stereocenters. The zero-order valence-electron chi connectivity index (χ0n) is 22.3. The third kappa shape index (κ3) is 5.83. The molecule has 0 saturated carbocycles. The Morgan fingerprint density at radius 3 is 2.48 bits per heavy atom. The molecule has 40 heavy (non-hydrogen) atoms. The second kappa shape index (κ2) is 11.5. The van der Waals surface area contributed by atoms with E-state index in [4.69, 9.17) is 21.1 Å². The van der Waals surface area contributed by atoms with Gasteiger partial charge in [-0.2, -0.15) is 5.10 Å². The van der Waals surface area contributed by atoms with Gasteiger partial charge >= 0.3 is 0 Å². The second-order valence-electron chi connectivity index (χ2n) is 9.33. The average Bonchev–Trinajstić information content (AvgIpc) is 3.32. The number of halogens is 1. The molecular weight excluding hydrogens is 546 g/mol. The Hall–Kier alpha value is -4.27. The lowest BCUT2D eigenvalue weighted by Gasteiger charge is -2.17. The number of ketones is 1. The number of aromatic nitrogens is 2. The summed E-state index contributed by atoms with van der Waals surface area (Å²) in [5.41, 5.74) is 2.46. The molecule has 1 N–H and O–H groups in total. The number of rotatable bonds is 9. The number of nitrogens with one attached hydrogen (secondary N) is 1. The van der Waals surface area contributed by atoms with Gasteiger partial charge in [-0.1, -0.05) is 78.3 Å². The van der Waals surface area contributed by atoms with Crippen LogP contribution in [0.2, 0.25) is 5.02 Å². The number of carbonyl (C=O) groups is 1. The monoisotopic (exact) mass is 573 g/mol. The third-order valence-corrected chi connectivity index (χ3v) is 8.08. The molecule has 0 aliphatic heterocycles. The normalized spacial score (nSPS) is 12.5. The number of anilines is 1. The summed E-state index contributed by atoms with van der Waals surface area (Å²) in [7, 11) is 0.441. The molecule has 1 aromatic heterocycles. The summed E-state index contributed by atoms with van der Waals surface area (Å²) in [6.45, 7) is 0.251. The number of methoxy groups -OCH3 is 1. The SMILES string of the molecule is COc1ccc(C(=O)c2cnn(C)c2OCc2ccc3ccccc3c2)c(Cl)c1NS(C)(=O)=Cc1ccccc1. The van der Waals surface area contributed by atoms with Crippen LogP contribution in [-0.4, -0.2) is 38.5 Å². The molecule has 0 amide bonds. The first-order valence-corrected chi connectivity index (χ1v) is 14.9. The Labute approximate surface area is 238 Å². The standard InChI is InChI=1S/C31H28ClN3O4S/c1-35-31(39-19-22-13-14-23-11-7-8-12-24(23)17-22)26(18-33-35)30(36)25-15-16-27(38-2)29(28(25)32)34-40(3,37)20-21-9-5-4-6-10-21/h4-18,20H,19H2,1-3H3,(H,34,37). The summed E-state index contributed by atoms with van der Waals surface area (Å²) in [4.78, 5) is 13.7. The van der Waals surface area contributed by atoms with Crippen molar-refractivity contribution in [2.45, 2.75) is 6.61 Å². The quantitative estimate of drug-likeness (QED) is 0.169. The lowest BCUT2D eigenvalue weighted by Crippen LogP contribution is -2.16. The number of hydrogen-bond acceptors (Lipinski definition) is 5. The molecule has 0 saturated heterocycles. The van der Waals surface area contributed by atoms with Gasteiger partial charge in [0.1, 0.15) is 23.6 Å². The minimum atomic E-state index is -2.75. The highest BCUT2D eigenvalue weighted by molar-refractivity contribution is 8.02. The highest BCUT2D eigenvalue weighted by Gasteiger charge is 2.25. The maximum atomic E-state index is 13.7. The fourth-order valence-corrected chi connectivity index (χ4v) is 6.09. The molecule has 0 spiro atoms. The summed E-state index contributed by atoms with van der Waals surface area (Å²) in [6.07, 6.45) is 3.02. The van der Waals surface area contributed by atoms with Gasteiger partial charge in [-0.3, -0.25) is 4.79 Å². The topological polar surface area (TPSA) is 82.4 Å². The van der Waals surface area contributed by atoms with E-state index in [1.165, 1.54) is 18.0 Å². The van der Waals surface area contributed by atoms with Gasteiger partial charge in [0, 0.05) is 33.9 Å². The summed E-state index contributed by atoms with van der Waals surface area (Å²) < 4.78 is 29.5. The largest absolute Gasteiger partial charge is 0.495 e. The predicted molar refractivity (Wildman–Crippen MR) is 162 cm³/mol. The molecule has 5 rings (SSSR count). The van der Waals surface area contributed by atoms with Crippen LogP contribution in [0.5, 0.6) is 11.6 Å². The van der Waals surface area contributed by atoms with E-state index in [0.29, 0.717) is 11.6 Å². The zero-order valence-corrected chi connectivity index (χ0v) is 23.8. The molecule has 0 bridgehead atoms. The third-order valence-electron chi connectivity index (χ3n) is 6.35. The molecule has 0 aliphatic rings. The van der Waals surface area contributed by atoms with Gasteiger partial charge in [-0.15, -0.1) is 0 Å². The zero-order chi connectivity index (χ0) is 28.3. The van der Waals surface area contributed by atoms with E-state index in [2.05, 4.69) is 22.0 Å². The van der Waals surface area contributed by atoms with Crippen LogP contribution in [0.25, 0.3) is 10.8 Å². The highest BCUT2D eigenvalue weighted by atomic mass is 35.5. The van der Waals surface area contributed by atoms with Crippen molar-refractivity contribution in [1.82, 2.24) is 9.78 Å². The van der Waals surface area contributed by atoms with Crippen LogP contribution < -0.4 is 14.2 Å². The van der Waals surface area contributed by atoms with Gasteiger partial charge in [0.05, 0.1) is 18.3 Å². The fraction of sp³-hybridized carbons (Fsp3) is 0.129. The van der Waals surface area contributed by atoms with Crippen molar-refractivity contribution >= 4 is 48.9 Å². The molecule has 1 atom stereocenters. The molecule has 5 aromatic rings. The maximum Gasteiger partial charge on any atom is 0.223 e. The lowest BCUT2D eigenvalue weighted by atomic mass is 10.0. The summed E-state index contributed by atoms with van der Waals surface area (Å²) in [6, 6.07) is 26.7. The first kappa shape index (κ1) is 27.3. The number of carbonyl (C=O) groups excluding carboxylic acids is 1. The van der Waals surface area contributed by atoms with E-state index in [9.17, 15) is 9.00 Å². The Kier molecular flexibility index (Phi) is 7.82. The van der Waals surface area contributed by atoms with Crippen LogP contribution in [0.3, 0.4) is 0 Å². The second-order valence-corrected chi connectivity index (χ2v) is 12.0. The van der Waals surface area contributed by atoms with Crippen LogP contribution >= 0.6 is 11.6 Å². The first-order chi connectivity index (χ1) is 19.3. The van der Waals surface area contributed by atoms with Gasteiger partial charge in [0.25, 0.3) is 0 Å². The predicted octanol–water partition coefficient (Wildman–Crippen LogP) is 6.14. The molecule has 1 heterocycles. The van der Waals surface area contributed by atoms with Gasteiger partial charge in [-0.05, 0) is 40.1 Å². The Balaban J connectivity index is 1.44. The van der Waals surface area contributed by atoms with Gasteiger partial charge in [-0.25, -0.2) is 8.89 Å². The van der Waals surface area contributed by atoms with E-state index in [1.807, 2.05) is 60.7 Å². The van der Waals surface area contributed by atoms with E-state index in [-0.39, 0.29) is 34.2 Å². The molecule has 0 fully saturated rings. The number of nitrogens with zero attached hydrogens (tertiary/aromatic N) is 2. The molecule has 0 radical (unpaired) electrons. The van der Waals surface area contributed by atoms with Gasteiger partial charge in [0.2, 0.25) is 11.7 Å². The van der Waals surface area contributed by atoms with Crippen LogP contribution in [0, 0.1) is 0 Å². The van der Waals surface area contributed by atoms with Gasteiger partial charge in [0.15, 0.2) is 0 Å². The smallest absolute Gasteiger partial charge is 0.223 e. The lowest BCUT2D eigenvalue weighted by molar-refractivity contribution is 0.103. The maximum absolute atomic E-state index is 13.7. The number of ether oxygens (including phenoxy) is 2. The summed E-state index contributed by atoms with van der Waals surface area (Å²) in [5, 5.41) is 8.21. The Morgan fingerprint density at radius 2 is 1.73 bits per heavy atom. The Morgan fingerprint density at radius 1 is 1.00 bits per heavy atom. The molecule has 9 heteroatoms. The van der Waals surface area contributed by atoms with Crippen molar-refractivity contribution in [3.63, 3.8) is 0 Å². The van der Waals surface area contributed by atoms with Gasteiger partial charge < -0.3 is 14.2 Å². The van der Waals surface area contributed by atoms with Crippen LogP contribution in [0.4, 0.5) is 5.69 Å². The molecule has 0 aliphatic carbocycles. The number of hydrogen-bond donors (Lipinski definition) is 1. The van der Waals surface area contributed by atoms with Crippen molar-refractivity contribution in [3.05, 3.63) is 118 Å². The molecule has 4 aromatic carbocycles. The van der Waals surface area contributed by atoms with Crippen LogP contribution in [-0.2, 0) is 23.4 Å². The van der Waals surface area contributed by atoms with E-state index in [1.54, 1.807) is 30.8 Å². The Bertz CT molecular complexity index is 1830. The van der Waals surface area contributed by atoms with Crippen LogP contribution in [0.1, 0.15) is 27.0 Å². The van der Waals surface area contributed by atoms with E-state index < -0.39 is 9.71 Å². The fourth-order valence-electron chi connectivity index (χ4n) is 4.40.